The van der Waals surface area contributed by atoms with Gasteiger partial charge in [-0.1, -0.05) is 0 Å². The van der Waals surface area contributed by atoms with E-state index in [2.05, 4.69) is 26.8 Å². The molecule has 6 nitrogen and oxygen atoms in total. The van der Waals surface area contributed by atoms with Gasteiger partial charge in [0.2, 0.25) is 5.95 Å². The molecule has 3 rings (SSSR count). The molecule has 0 aromatic carbocycles. The fourth-order valence-corrected chi connectivity index (χ4v) is 3.44. The van der Waals surface area contributed by atoms with Crippen molar-refractivity contribution in [2.45, 2.75) is 30.9 Å². The Morgan fingerprint density at radius 1 is 1.36 bits per heavy atom. The predicted molar refractivity (Wildman–Crippen MR) is 85.1 cm³/mol. The first-order chi connectivity index (χ1) is 10.7. The molecule has 2 fully saturated rings. The van der Waals surface area contributed by atoms with Crippen LogP contribution in [0.4, 0.5) is 5.95 Å². The Morgan fingerprint density at radius 2 is 2.09 bits per heavy atom. The normalized spacial score (nSPS) is 24.3. The van der Waals surface area contributed by atoms with Crippen molar-refractivity contribution in [3.05, 3.63) is 18.5 Å². The molecule has 0 radical (unpaired) electrons. The van der Waals surface area contributed by atoms with Crippen molar-refractivity contribution in [1.82, 2.24) is 14.9 Å². The van der Waals surface area contributed by atoms with Gasteiger partial charge in [0.15, 0.2) is 0 Å². The highest BCUT2D eigenvalue weighted by atomic mass is 16.5. The smallest absolute Gasteiger partial charge is 0.225 e. The molecule has 0 bridgehead atoms. The van der Waals surface area contributed by atoms with E-state index in [-0.39, 0.29) is 5.60 Å². The second kappa shape index (κ2) is 6.89. The standard InChI is InChI=1S/C16H26N4O2/c1-19(10-11-21-2)14-12-16(22-13-14)4-8-20(9-5-16)15-17-6-3-7-18-15/h3,6-7,14H,4-5,8-13H2,1-2H3. The van der Waals surface area contributed by atoms with Crippen LogP contribution >= 0.6 is 0 Å². The molecule has 0 amide bonds. The number of methoxy groups -OCH3 is 1. The minimum absolute atomic E-state index is 0.0529. The van der Waals surface area contributed by atoms with Gasteiger partial charge in [0.1, 0.15) is 0 Å². The van der Waals surface area contributed by atoms with Gasteiger partial charge in [-0.05, 0) is 32.4 Å². The van der Waals surface area contributed by atoms with E-state index in [1.54, 1.807) is 19.5 Å². The second-order valence-corrected chi connectivity index (χ2v) is 6.36. The van der Waals surface area contributed by atoms with Crippen molar-refractivity contribution in [1.29, 1.82) is 0 Å². The van der Waals surface area contributed by atoms with E-state index < -0.39 is 0 Å². The van der Waals surface area contributed by atoms with Crippen LogP contribution in [0.2, 0.25) is 0 Å². The molecule has 2 saturated heterocycles. The lowest BCUT2D eigenvalue weighted by atomic mass is 9.87. The molecule has 1 aromatic rings. The fourth-order valence-electron chi connectivity index (χ4n) is 3.44. The highest BCUT2D eigenvalue weighted by Crippen LogP contribution is 2.37. The zero-order valence-corrected chi connectivity index (χ0v) is 13.6. The SMILES string of the molecule is COCCN(C)C1COC2(CCN(c3ncccn3)CC2)C1. The molecule has 2 aliphatic heterocycles. The third-order valence-corrected chi connectivity index (χ3v) is 4.97. The van der Waals surface area contributed by atoms with Gasteiger partial charge >= 0.3 is 0 Å². The Bertz CT molecular complexity index is 462. The molecule has 1 spiro atoms. The number of anilines is 1. The third kappa shape index (κ3) is 3.39. The summed E-state index contributed by atoms with van der Waals surface area (Å²) in [5, 5.41) is 0. The average molecular weight is 306 g/mol. The Hall–Kier alpha value is -1.24. The number of ether oxygens (including phenoxy) is 2. The summed E-state index contributed by atoms with van der Waals surface area (Å²) >= 11 is 0. The Balaban J connectivity index is 1.53. The van der Waals surface area contributed by atoms with Gasteiger partial charge in [-0.2, -0.15) is 0 Å². The molecule has 2 aliphatic rings. The summed E-state index contributed by atoms with van der Waals surface area (Å²) in [4.78, 5) is 13.3. The lowest BCUT2D eigenvalue weighted by molar-refractivity contribution is -0.0159. The van der Waals surface area contributed by atoms with Crippen LogP contribution in [0.3, 0.4) is 0 Å². The lowest BCUT2D eigenvalue weighted by Crippen LogP contribution is -2.45. The van der Waals surface area contributed by atoms with Gasteiger partial charge in [-0.15, -0.1) is 0 Å². The molecule has 1 atom stereocenters. The molecule has 6 heteroatoms. The summed E-state index contributed by atoms with van der Waals surface area (Å²) in [5.41, 5.74) is 0.0529. The molecular weight excluding hydrogens is 280 g/mol. The number of hydrogen-bond acceptors (Lipinski definition) is 6. The van der Waals surface area contributed by atoms with Gasteiger partial charge in [-0.3, -0.25) is 4.90 Å². The number of likely N-dealkylation sites (N-methyl/N-ethyl adjacent to an activating group) is 1. The summed E-state index contributed by atoms with van der Waals surface area (Å²) in [5.74, 6) is 0.837. The summed E-state index contributed by atoms with van der Waals surface area (Å²) < 4.78 is 11.4. The summed E-state index contributed by atoms with van der Waals surface area (Å²) in [6.45, 7) is 4.52. The Kier molecular flexibility index (Phi) is 4.90. The molecule has 122 valence electrons. The quantitative estimate of drug-likeness (QED) is 0.814. The average Bonchev–Trinajstić information content (AvgIpc) is 2.98. The first kappa shape index (κ1) is 15.6. The molecule has 0 N–H and O–H groups in total. The molecule has 3 heterocycles. The highest BCUT2D eigenvalue weighted by molar-refractivity contribution is 5.29. The van der Waals surface area contributed by atoms with Crippen LogP contribution in [0.1, 0.15) is 19.3 Å². The van der Waals surface area contributed by atoms with Crippen molar-refractivity contribution in [2.75, 3.05) is 51.9 Å². The zero-order chi connectivity index (χ0) is 15.4. The van der Waals surface area contributed by atoms with Crippen LogP contribution in [-0.4, -0.2) is 73.5 Å². The van der Waals surface area contributed by atoms with Crippen LogP contribution in [0, 0.1) is 0 Å². The Labute approximate surface area is 132 Å². The molecule has 22 heavy (non-hydrogen) atoms. The van der Waals surface area contributed by atoms with E-state index in [1.165, 1.54) is 0 Å². The highest BCUT2D eigenvalue weighted by Gasteiger charge is 2.44. The second-order valence-electron chi connectivity index (χ2n) is 6.36. The van der Waals surface area contributed by atoms with Gasteiger partial charge in [0, 0.05) is 45.2 Å². The van der Waals surface area contributed by atoms with Gasteiger partial charge in [0.25, 0.3) is 0 Å². The maximum absolute atomic E-state index is 6.23. The summed E-state index contributed by atoms with van der Waals surface area (Å²) in [6, 6.07) is 2.37. The van der Waals surface area contributed by atoms with Crippen molar-refractivity contribution >= 4 is 5.95 Å². The number of hydrogen-bond donors (Lipinski definition) is 0. The predicted octanol–water partition coefficient (Wildman–Crippen LogP) is 1.18. The molecule has 1 unspecified atom stereocenters. The number of rotatable bonds is 5. The first-order valence-corrected chi connectivity index (χ1v) is 8.07. The van der Waals surface area contributed by atoms with E-state index in [1.807, 2.05) is 6.07 Å². The number of aromatic nitrogens is 2. The zero-order valence-electron chi connectivity index (χ0n) is 13.6. The third-order valence-electron chi connectivity index (χ3n) is 4.97. The van der Waals surface area contributed by atoms with Crippen molar-refractivity contribution in [3.8, 4) is 0 Å². The number of nitrogens with zero attached hydrogens (tertiary/aromatic N) is 4. The van der Waals surface area contributed by atoms with E-state index in [4.69, 9.17) is 9.47 Å². The largest absolute Gasteiger partial charge is 0.383 e. The van der Waals surface area contributed by atoms with Crippen LogP contribution in [0.15, 0.2) is 18.5 Å². The summed E-state index contributed by atoms with van der Waals surface area (Å²) in [6.07, 6.45) is 6.84. The molecule has 1 aromatic heterocycles. The topological polar surface area (TPSA) is 50.7 Å². The van der Waals surface area contributed by atoms with Crippen LogP contribution in [-0.2, 0) is 9.47 Å². The van der Waals surface area contributed by atoms with Crippen LogP contribution in [0.5, 0.6) is 0 Å². The first-order valence-electron chi connectivity index (χ1n) is 8.07. The van der Waals surface area contributed by atoms with Gasteiger partial charge in [0.05, 0.1) is 18.8 Å². The monoisotopic (exact) mass is 306 g/mol. The molecule has 0 saturated carbocycles. The van der Waals surface area contributed by atoms with E-state index >= 15 is 0 Å². The maximum Gasteiger partial charge on any atom is 0.225 e. The number of piperidine rings is 1. The van der Waals surface area contributed by atoms with Crippen molar-refractivity contribution in [2.24, 2.45) is 0 Å². The minimum atomic E-state index is 0.0529. The van der Waals surface area contributed by atoms with E-state index in [9.17, 15) is 0 Å². The maximum atomic E-state index is 6.23. The van der Waals surface area contributed by atoms with Crippen LogP contribution < -0.4 is 4.90 Å². The lowest BCUT2D eigenvalue weighted by Gasteiger charge is -2.38. The van der Waals surface area contributed by atoms with Crippen LogP contribution in [0.25, 0.3) is 0 Å². The fraction of sp³-hybridized carbons (Fsp3) is 0.750. The van der Waals surface area contributed by atoms with Gasteiger partial charge in [-0.25, -0.2) is 9.97 Å². The molecule has 0 aliphatic carbocycles. The summed E-state index contributed by atoms with van der Waals surface area (Å²) in [7, 11) is 3.92. The van der Waals surface area contributed by atoms with Crippen molar-refractivity contribution in [3.63, 3.8) is 0 Å². The minimum Gasteiger partial charge on any atom is -0.383 e. The van der Waals surface area contributed by atoms with Gasteiger partial charge < -0.3 is 14.4 Å². The van der Waals surface area contributed by atoms with E-state index in [0.717, 1.165) is 58.1 Å². The van der Waals surface area contributed by atoms with Crippen molar-refractivity contribution < 1.29 is 9.47 Å². The van der Waals surface area contributed by atoms with E-state index in [0.29, 0.717) is 6.04 Å². The molecular formula is C16H26N4O2. The Morgan fingerprint density at radius 3 is 2.77 bits per heavy atom.